The maximum atomic E-state index is 2.79. The van der Waals surface area contributed by atoms with Crippen molar-refractivity contribution in [1.82, 2.24) is 16.0 Å². The maximum absolute atomic E-state index is 2.79. The van der Waals surface area contributed by atoms with Crippen LogP contribution < -0.4 is 11.0 Å². The number of nitrogens with zero attached hydrogens (tertiary/aromatic N) is 1. The van der Waals surface area contributed by atoms with Gasteiger partial charge in [0, 0.05) is 19.4 Å². The number of nitrogens with one attached hydrogen (secondary N) is 2. The highest BCUT2D eigenvalue weighted by molar-refractivity contribution is 4.79. The first-order valence-corrected chi connectivity index (χ1v) is 2.80. The van der Waals surface area contributed by atoms with Crippen LogP contribution in [0.5, 0.6) is 0 Å². The fourth-order valence-electron chi connectivity index (χ4n) is 0.325. The Bertz CT molecular complexity index is 70.1. The fraction of sp³-hybridized carbons (Fsp3) is 0.600. The molecule has 0 fully saturated rings. The van der Waals surface area contributed by atoms with Crippen molar-refractivity contribution in [2.24, 2.45) is 0 Å². The minimum absolute atomic E-state index is 1.82. The third-order valence-corrected chi connectivity index (χ3v) is 0.622. The first kappa shape index (κ1) is 7.30. The lowest BCUT2D eigenvalue weighted by molar-refractivity contribution is 0.329. The summed E-state index contributed by atoms with van der Waals surface area (Å²) in [6.45, 7) is 4.00. The zero-order valence-electron chi connectivity index (χ0n) is 5.60. The first-order chi connectivity index (χ1) is 3.89. The van der Waals surface area contributed by atoms with Crippen molar-refractivity contribution in [3.05, 3.63) is 12.4 Å². The summed E-state index contributed by atoms with van der Waals surface area (Å²) >= 11 is 0. The summed E-state index contributed by atoms with van der Waals surface area (Å²) in [7, 11) is 1.91. The van der Waals surface area contributed by atoms with E-state index < -0.39 is 0 Å². The largest absolute Gasteiger partial charge is 0.310 e. The molecule has 3 heteroatoms. The van der Waals surface area contributed by atoms with Crippen molar-refractivity contribution in [2.45, 2.75) is 13.8 Å². The summed E-state index contributed by atoms with van der Waals surface area (Å²) in [5, 5.41) is 1.82. The summed E-state index contributed by atoms with van der Waals surface area (Å²) < 4.78 is 0. The van der Waals surface area contributed by atoms with Crippen LogP contribution in [0.1, 0.15) is 13.8 Å². The average Bonchev–Trinajstić information content (AvgIpc) is 2.24. The molecule has 1 heterocycles. The number of hydrogen-bond donors (Lipinski definition) is 2. The van der Waals surface area contributed by atoms with Gasteiger partial charge < -0.3 is 5.43 Å². The van der Waals surface area contributed by atoms with E-state index in [-0.39, 0.29) is 0 Å². The molecule has 0 saturated carbocycles. The van der Waals surface area contributed by atoms with E-state index in [1.165, 1.54) is 0 Å². The van der Waals surface area contributed by atoms with E-state index in [1.54, 1.807) is 0 Å². The summed E-state index contributed by atoms with van der Waals surface area (Å²) in [5.41, 5.74) is 5.56. The van der Waals surface area contributed by atoms with Gasteiger partial charge in [0.15, 0.2) is 0 Å². The average molecular weight is 115 g/mol. The number of hydrazine groups is 2. The Morgan fingerprint density at radius 1 is 1.38 bits per heavy atom. The zero-order chi connectivity index (χ0) is 6.41. The van der Waals surface area contributed by atoms with Gasteiger partial charge in [0.1, 0.15) is 0 Å². The molecule has 0 aromatic heterocycles. The van der Waals surface area contributed by atoms with Crippen molar-refractivity contribution in [1.29, 1.82) is 0 Å². The van der Waals surface area contributed by atoms with E-state index in [4.69, 9.17) is 0 Å². The Labute approximate surface area is 50.3 Å². The van der Waals surface area contributed by atoms with Crippen molar-refractivity contribution < 1.29 is 0 Å². The van der Waals surface area contributed by atoms with Gasteiger partial charge in [0.25, 0.3) is 0 Å². The molecule has 0 saturated heterocycles. The predicted octanol–water partition coefficient (Wildman–Crippen LogP) is 0.438. The first-order valence-electron chi connectivity index (χ1n) is 2.80. The van der Waals surface area contributed by atoms with Gasteiger partial charge in [-0.25, -0.2) is 0 Å². The van der Waals surface area contributed by atoms with Crippen LogP contribution in [0.3, 0.4) is 0 Å². The molecule has 0 spiro atoms. The smallest absolute Gasteiger partial charge is 0.0344 e. The van der Waals surface area contributed by atoms with Gasteiger partial charge in [-0.05, 0) is 0 Å². The van der Waals surface area contributed by atoms with Crippen molar-refractivity contribution >= 4 is 0 Å². The van der Waals surface area contributed by atoms with E-state index in [0.717, 1.165) is 0 Å². The van der Waals surface area contributed by atoms with Gasteiger partial charge in [-0.15, -0.1) is 5.53 Å². The van der Waals surface area contributed by atoms with Gasteiger partial charge in [0.05, 0.1) is 0 Å². The van der Waals surface area contributed by atoms with Crippen LogP contribution in [-0.4, -0.2) is 12.1 Å². The molecule has 3 nitrogen and oxygen atoms in total. The Morgan fingerprint density at radius 3 is 2.12 bits per heavy atom. The molecule has 1 aliphatic heterocycles. The lowest BCUT2D eigenvalue weighted by atomic mass is 10.9. The molecule has 8 heavy (non-hydrogen) atoms. The van der Waals surface area contributed by atoms with E-state index in [0.29, 0.717) is 0 Å². The van der Waals surface area contributed by atoms with Crippen molar-refractivity contribution in [3.63, 3.8) is 0 Å². The molecule has 1 aliphatic rings. The highest BCUT2D eigenvalue weighted by atomic mass is 15.7. The van der Waals surface area contributed by atoms with Crippen LogP contribution in [0.25, 0.3) is 0 Å². The Kier molecular flexibility index (Phi) is 4.07. The molecule has 0 amide bonds. The van der Waals surface area contributed by atoms with Crippen molar-refractivity contribution in [2.75, 3.05) is 7.05 Å². The summed E-state index contributed by atoms with van der Waals surface area (Å²) in [6.07, 6.45) is 3.71. The van der Waals surface area contributed by atoms with Crippen LogP contribution in [0.15, 0.2) is 12.4 Å². The van der Waals surface area contributed by atoms with Gasteiger partial charge >= 0.3 is 0 Å². The van der Waals surface area contributed by atoms with Crippen LogP contribution in [0.2, 0.25) is 0 Å². The second kappa shape index (κ2) is 4.46. The molecule has 2 N–H and O–H groups in total. The molecule has 48 valence electrons. The zero-order valence-corrected chi connectivity index (χ0v) is 5.60. The highest BCUT2D eigenvalue weighted by Gasteiger charge is 1.88. The van der Waals surface area contributed by atoms with E-state index in [9.17, 15) is 0 Å². The van der Waals surface area contributed by atoms with Gasteiger partial charge in [-0.2, -0.15) is 0 Å². The van der Waals surface area contributed by atoms with Crippen LogP contribution in [-0.2, 0) is 0 Å². The normalized spacial score (nSPS) is 14.6. The molecule has 0 aliphatic carbocycles. The topological polar surface area (TPSA) is 27.3 Å². The second-order valence-electron chi connectivity index (χ2n) is 1.18. The lowest BCUT2D eigenvalue weighted by Crippen LogP contribution is -2.31. The van der Waals surface area contributed by atoms with E-state index in [2.05, 4.69) is 11.0 Å². The minimum atomic E-state index is 1.82. The molecule has 0 bridgehead atoms. The molecular weight excluding hydrogens is 102 g/mol. The minimum Gasteiger partial charge on any atom is -0.310 e. The summed E-state index contributed by atoms with van der Waals surface area (Å²) in [6, 6.07) is 0. The van der Waals surface area contributed by atoms with Gasteiger partial charge in [0.2, 0.25) is 0 Å². The van der Waals surface area contributed by atoms with Crippen LogP contribution in [0, 0.1) is 0 Å². The molecule has 1 rings (SSSR count). The molecular formula is C5H13N3. The van der Waals surface area contributed by atoms with Crippen LogP contribution in [0.4, 0.5) is 0 Å². The Morgan fingerprint density at radius 2 is 2.00 bits per heavy atom. The molecule has 0 aromatic rings. The van der Waals surface area contributed by atoms with Crippen molar-refractivity contribution in [3.8, 4) is 0 Å². The molecule has 0 unspecified atom stereocenters. The quantitative estimate of drug-likeness (QED) is 0.479. The Balaban J connectivity index is 0.000000222. The third kappa shape index (κ3) is 2.47. The monoisotopic (exact) mass is 115 g/mol. The lowest BCUT2D eigenvalue weighted by Gasteiger charge is -2.04. The van der Waals surface area contributed by atoms with E-state index in [1.807, 2.05) is 38.3 Å². The van der Waals surface area contributed by atoms with E-state index >= 15 is 0 Å². The van der Waals surface area contributed by atoms with Gasteiger partial charge in [-0.3, -0.25) is 5.01 Å². The van der Waals surface area contributed by atoms with Crippen LogP contribution >= 0.6 is 0 Å². The third-order valence-electron chi connectivity index (χ3n) is 0.622. The van der Waals surface area contributed by atoms with Gasteiger partial charge in [-0.1, -0.05) is 13.8 Å². The second-order valence-corrected chi connectivity index (χ2v) is 1.18. The fourth-order valence-corrected chi connectivity index (χ4v) is 0.325. The summed E-state index contributed by atoms with van der Waals surface area (Å²) in [4.78, 5) is 0. The highest BCUT2D eigenvalue weighted by Crippen LogP contribution is 1.77. The molecule has 0 aromatic carbocycles. The molecule has 0 radical (unpaired) electrons. The summed E-state index contributed by atoms with van der Waals surface area (Å²) in [5.74, 6) is 0. The Hall–Kier alpha value is -0.700. The SMILES string of the molecule is CC.CN1C=CNN1. The standard InChI is InChI=1S/C3H7N3.C2H6/c1-6-3-2-4-5-6;1-2/h2-5H,1H3;1-2H3. The maximum Gasteiger partial charge on any atom is 0.0344 e. The number of rotatable bonds is 0. The predicted molar refractivity (Wildman–Crippen MR) is 34.5 cm³/mol. The number of hydrogen-bond acceptors (Lipinski definition) is 3. The molecule has 0 atom stereocenters.